The summed E-state index contributed by atoms with van der Waals surface area (Å²) in [5, 5.41) is 0. The van der Waals surface area contributed by atoms with Crippen molar-refractivity contribution in [2.24, 2.45) is 5.92 Å². The Morgan fingerprint density at radius 2 is 2.18 bits per heavy atom. The molecule has 2 atom stereocenters. The standard InChI is InChI=1S/C9H18O2/c1-3-5-9-8(4-2)6-10-7-11-9/h8-9H,3-7H2,1-2H3/t8-,9-/m1/s1. The van der Waals surface area contributed by atoms with Gasteiger partial charge in [0.2, 0.25) is 0 Å². The molecular formula is C9H18O2. The molecule has 0 aromatic heterocycles. The van der Waals surface area contributed by atoms with Crippen LogP contribution in [0.1, 0.15) is 33.1 Å². The third kappa shape index (κ3) is 2.46. The second-order valence-electron chi connectivity index (χ2n) is 3.15. The molecule has 0 aromatic carbocycles. The summed E-state index contributed by atoms with van der Waals surface area (Å²) in [6.07, 6.45) is 4.02. The average Bonchev–Trinajstić information content (AvgIpc) is 2.06. The summed E-state index contributed by atoms with van der Waals surface area (Å²) in [6.45, 7) is 5.79. The molecule has 0 amide bonds. The lowest BCUT2D eigenvalue weighted by Gasteiger charge is -2.30. The molecule has 0 unspecified atom stereocenters. The molecule has 1 aliphatic rings. The Labute approximate surface area is 68.9 Å². The fourth-order valence-electron chi connectivity index (χ4n) is 1.56. The highest BCUT2D eigenvalue weighted by molar-refractivity contribution is 4.70. The molecule has 66 valence electrons. The van der Waals surface area contributed by atoms with Gasteiger partial charge in [-0.25, -0.2) is 0 Å². The van der Waals surface area contributed by atoms with Crippen LogP contribution in [-0.2, 0) is 9.47 Å². The van der Waals surface area contributed by atoms with Crippen molar-refractivity contribution in [2.45, 2.75) is 39.2 Å². The van der Waals surface area contributed by atoms with Crippen LogP contribution in [0.15, 0.2) is 0 Å². The van der Waals surface area contributed by atoms with Crippen LogP contribution in [0.3, 0.4) is 0 Å². The maximum absolute atomic E-state index is 5.50. The Balaban J connectivity index is 2.31. The second-order valence-corrected chi connectivity index (χ2v) is 3.15. The first-order valence-corrected chi connectivity index (χ1v) is 4.57. The Hall–Kier alpha value is -0.0800. The smallest absolute Gasteiger partial charge is 0.147 e. The Kier molecular flexibility index (Phi) is 3.87. The first kappa shape index (κ1) is 9.01. The quantitative estimate of drug-likeness (QED) is 0.626. The van der Waals surface area contributed by atoms with Gasteiger partial charge in [0.15, 0.2) is 0 Å². The molecule has 1 saturated heterocycles. The van der Waals surface area contributed by atoms with Gasteiger partial charge in [-0.3, -0.25) is 0 Å². The lowest BCUT2D eigenvalue weighted by atomic mass is 9.96. The van der Waals surface area contributed by atoms with Crippen molar-refractivity contribution in [3.63, 3.8) is 0 Å². The van der Waals surface area contributed by atoms with E-state index in [2.05, 4.69) is 13.8 Å². The van der Waals surface area contributed by atoms with Gasteiger partial charge in [0, 0.05) is 5.92 Å². The van der Waals surface area contributed by atoms with Crippen LogP contribution in [0.4, 0.5) is 0 Å². The minimum absolute atomic E-state index is 0.457. The molecule has 1 aliphatic heterocycles. The summed E-state index contributed by atoms with van der Waals surface area (Å²) in [7, 11) is 0. The molecule has 1 fully saturated rings. The van der Waals surface area contributed by atoms with Crippen molar-refractivity contribution in [2.75, 3.05) is 13.4 Å². The molecule has 0 spiro atoms. The molecule has 2 heteroatoms. The molecule has 11 heavy (non-hydrogen) atoms. The molecule has 0 saturated carbocycles. The predicted molar refractivity (Wildman–Crippen MR) is 44.4 cm³/mol. The van der Waals surface area contributed by atoms with Gasteiger partial charge in [0.25, 0.3) is 0 Å². The van der Waals surface area contributed by atoms with Crippen molar-refractivity contribution in [3.05, 3.63) is 0 Å². The Morgan fingerprint density at radius 3 is 2.82 bits per heavy atom. The highest BCUT2D eigenvalue weighted by atomic mass is 16.7. The van der Waals surface area contributed by atoms with Crippen molar-refractivity contribution in [3.8, 4) is 0 Å². The molecule has 1 rings (SSSR count). The molecule has 0 aliphatic carbocycles. The van der Waals surface area contributed by atoms with Gasteiger partial charge in [-0.05, 0) is 12.8 Å². The number of ether oxygens (including phenoxy) is 2. The van der Waals surface area contributed by atoms with Crippen LogP contribution in [-0.4, -0.2) is 19.5 Å². The van der Waals surface area contributed by atoms with Crippen molar-refractivity contribution in [1.82, 2.24) is 0 Å². The zero-order valence-electron chi connectivity index (χ0n) is 7.51. The van der Waals surface area contributed by atoms with E-state index in [1.54, 1.807) is 0 Å². The van der Waals surface area contributed by atoms with Crippen LogP contribution < -0.4 is 0 Å². The van der Waals surface area contributed by atoms with Crippen LogP contribution in [0.25, 0.3) is 0 Å². The molecule has 1 heterocycles. The largest absolute Gasteiger partial charge is 0.355 e. The lowest BCUT2D eigenvalue weighted by Crippen LogP contribution is -2.33. The number of rotatable bonds is 3. The second kappa shape index (κ2) is 4.73. The number of hydrogen-bond donors (Lipinski definition) is 0. The minimum atomic E-state index is 0.457. The van der Waals surface area contributed by atoms with Crippen LogP contribution in [0.2, 0.25) is 0 Å². The van der Waals surface area contributed by atoms with Crippen LogP contribution >= 0.6 is 0 Å². The maximum atomic E-state index is 5.50. The molecular weight excluding hydrogens is 140 g/mol. The van der Waals surface area contributed by atoms with Crippen molar-refractivity contribution >= 4 is 0 Å². The summed E-state index contributed by atoms with van der Waals surface area (Å²) < 4.78 is 10.7. The van der Waals surface area contributed by atoms with E-state index in [4.69, 9.17) is 9.47 Å². The summed E-state index contributed by atoms with van der Waals surface area (Å²) in [5.74, 6) is 0.628. The van der Waals surface area contributed by atoms with Crippen molar-refractivity contribution < 1.29 is 9.47 Å². The van der Waals surface area contributed by atoms with Gasteiger partial charge in [-0.15, -0.1) is 0 Å². The highest BCUT2D eigenvalue weighted by Gasteiger charge is 2.23. The van der Waals surface area contributed by atoms with Crippen LogP contribution in [0.5, 0.6) is 0 Å². The monoisotopic (exact) mass is 158 g/mol. The van der Waals surface area contributed by atoms with Gasteiger partial charge in [-0.1, -0.05) is 20.3 Å². The zero-order chi connectivity index (χ0) is 8.10. The third-order valence-electron chi connectivity index (χ3n) is 2.32. The molecule has 0 aromatic rings. The van der Waals surface area contributed by atoms with Gasteiger partial charge < -0.3 is 9.47 Å². The normalized spacial score (nSPS) is 32.2. The minimum Gasteiger partial charge on any atom is -0.355 e. The number of hydrogen-bond acceptors (Lipinski definition) is 2. The Bertz CT molecular complexity index is 102. The molecule has 0 radical (unpaired) electrons. The van der Waals surface area contributed by atoms with E-state index in [0.717, 1.165) is 6.61 Å². The molecule has 2 nitrogen and oxygen atoms in total. The molecule has 0 bridgehead atoms. The predicted octanol–water partition coefficient (Wildman–Crippen LogP) is 2.19. The average molecular weight is 158 g/mol. The Morgan fingerprint density at radius 1 is 1.36 bits per heavy atom. The van der Waals surface area contributed by atoms with E-state index in [9.17, 15) is 0 Å². The summed E-state index contributed by atoms with van der Waals surface area (Å²) >= 11 is 0. The van der Waals surface area contributed by atoms with E-state index in [1.807, 2.05) is 0 Å². The van der Waals surface area contributed by atoms with Gasteiger partial charge >= 0.3 is 0 Å². The maximum Gasteiger partial charge on any atom is 0.147 e. The van der Waals surface area contributed by atoms with Crippen LogP contribution in [0, 0.1) is 5.92 Å². The molecule has 0 N–H and O–H groups in total. The topological polar surface area (TPSA) is 18.5 Å². The summed E-state index contributed by atoms with van der Waals surface area (Å²) in [4.78, 5) is 0. The fourth-order valence-corrected chi connectivity index (χ4v) is 1.56. The summed E-state index contributed by atoms with van der Waals surface area (Å²) in [6, 6.07) is 0. The fraction of sp³-hybridized carbons (Fsp3) is 1.00. The summed E-state index contributed by atoms with van der Waals surface area (Å²) in [5.41, 5.74) is 0. The van der Waals surface area contributed by atoms with E-state index < -0.39 is 0 Å². The first-order chi connectivity index (χ1) is 5.38. The van der Waals surface area contributed by atoms with E-state index in [0.29, 0.717) is 18.8 Å². The zero-order valence-corrected chi connectivity index (χ0v) is 7.51. The first-order valence-electron chi connectivity index (χ1n) is 4.57. The highest BCUT2D eigenvalue weighted by Crippen LogP contribution is 2.21. The van der Waals surface area contributed by atoms with Gasteiger partial charge in [0.1, 0.15) is 6.79 Å². The third-order valence-corrected chi connectivity index (χ3v) is 2.32. The van der Waals surface area contributed by atoms with E-state index in [-0.39, 0.29) is 0 Å². The van der Waals surface area contributed by atoms with E-state index in [1.165, 1.54) is 19.3 Å². The lowest BCUT2D eigenvalue weighted by molar-refractivity contribution is -0.172. The van der Waals surface area contributed by atoms with Crippen molar-refractivity contribution in [1.29, 1.82) is 0 Å². The van der Waals surface area contributed by atoms with Gasteiger partial charge in [0.05, 0.1) is 12.7 Å². The SMILES string of the molecule is CCC[C@H]1OCOC[C@H]1CC. The van der Waals surface area contributed by atoms with Gasteiger partial charge in [-0.2, -0.15) is 0 Å². The van der Waals surface area contributed by atoms with E-state index >= 15 is 0 Å².